The predicted octanol–water partition coefficient (Wildman–Crippen LogP) is 3.95. The summed E-state index contributed by atoms with van der Waals surface area (Å²) in [7, 11) is 0. The topological polar surface area (TPSA) is 75.7 Å². The molecule has 152 valence electrons. The zero-order valence-electron chi connectivity index (χ0n) is 16.6. The fourth-order valence-electron chi connectivity index (χ4n) is 3.92. The Morgan fingerprint density at radius 3 is 2.90 bits per heavy atom. The van der Waals surface area contributed by atoms with Crippen LogP contribution in [0.5, 0.6) is 0 Å². The minimum atomic E-state index is 0.00427. The number of likely N-dealkylation sites (tertiary alicyclic amines) is 1. The van der Waals surface area contributed by atoms with Gasteiger partial charge in [-0.3, -0.25) is 4.79 Å². The van der Waals surface area contributed by atoms with Gasteiger partial charge in [0.2, 0.25) is 0 Å². The van der Waals surface area contributed by atoms with Crippen molar-refractivity contribution in [1.29, 1.82) is 0 Å². The summed E-state index contributed by atoms with van der Waals surface area (Å²) in [6.45, 7) is 2.13. The number of carbonyl (C=O) groups is 1. The van der Waals surface area contributed by atoms with Crippen molar-refractivity contribution in [3.05, 3.63) is 84.2 Å². The second kappa shape index (κ2) is 8.02. The molecule has 4 heterocycles. The molecule has 0 saturated carbocycles. The first-order valence-electron chi connectivity index (χ1n) is 10.2. The van der Waals surface area contributed by atoms with Crippen LogP contribution in [0.2, 0.25) is 0 Å². The zero-order chi connectivity index (χ0) is 20.3. The van der Waals surface area contributed by atoms with Crippen LogP contribution in [0.4, 0.5) is 5.69 Å². The number of fused-ring (bicyclic) bond motifs is 1. The van der Waals surface area contributed by atoms with Crippen molar-refractivity contribution >= 4 is 17.2 Å². The fourth-order valence-corrected chi connectivity index (χ4v) is 3.92. The maximum absolute atomic E-state index is 12.7. The number of anilines is 1. The smallest absolute Gasteiger partial charge is 0.257 e. The van der Waals surface area contributed by atoms with Crippen LogP contribution in [0.1, 0.15) is 40.5 Å². The van der Waals surface area contributed by atoms with Crippen LogP contribution in [0, 0.1) is 0 Å². The second-order valence-electron chi connectivity index (χ2n) is 7.63. The maximum atomic E-state index is 12.7. The molecule has 7 heteroatoms. The average molecular weight is 401 g/mol. The van der Waals surface area contributed by atoms with Gasteiger partial charge in [-0.2, -0.15) is 5.10 Å². The van der Waals surface area contributed by atoms with Gasteiger partial charge >= 0.3 is 0 Å². The Balaban J connectivity index is 1.30. The van der Waals surface area contributed by atoms with Gasteiger partial charge in [0.05, 0.1) is 23.7 Å². The molecule has 0 bridgehead atoms. The minimum absolute atomic E-state index is 0.00427. The normalized spacial score (nSPS) is 16.7. The number of piperidine rings is 1. The summed E-state index contributed by atoms with van der Waals surface area (Å²) in [5.74, 6) is 0.930. The molecule has 1 N–H and O–H groups in total. The second-order valence-corrected chi connectivity index (χ2v) is 7.63. The predicted molar refractivity (Wildman–Crippen MR) is 113 cm³/mol. The largest absolute Gasteiger partial charge is 0.472 e. The summed E-state index contributed by atoms with van der Waals surface area (Å²) in [5, 5.41) is 8.15. The van der Waals surface area contributed by atoms with Crippen molar-refractivity contribution in [2.24, 2.45) is 0 Å². The van der Waals surface area contributed by atoms with Gasteiger partial charge in [-0.25, -0.2) is 9.50 Å². The third-order valence-corrected chi connectivity index (χ3v) is 5.53. The maximum Gasteiger partial charge on any atom is 0.257 e. The molecule has 5 rings (SSSR count). The molecule has 1 aliphatic heterocycles. The summed E-state index contributed by atoms with van der Waals surface area (Å²) in [6.07, 6.45) is 6.91. The van der Waals surface area contributed by atoms with Gasteiger partial charge in [0.15, 0.2) is 11.5 Å². The molecule has 1 saturated heterocycles. The van der Waals surface area contributed by atoms with Crippen LogP contribution in [0.3, 0.4) is 0 Å². The van der Waals surface area contributed by atoms with Crippen LogP contribution < -0.4 is 5.32 Å². The van der Waals surface area contributed by atoms with E-state index in [0.29, 0.717) is 12.1 Å². The third-order valence-electron chi connectivity index (χ3n) is 5.53. The first kappa shape index (κ1) is 18.4. The molecular formula is C23H23N5O2. The lowest BCUT2D eigenvalue weighted by atomic mass is 9.97. The van der Waals surface area contributed by atoms with Crippen molar-refractivity contribution in [3.63, 3.8) is 0 Å². The Hall–Kier alpha value is -3.61. The van der Waals surface area contributed by atoms with Gasteiger partial charge in [0, 0.05) is 25.6 Å². The Kier molecular flexibility index (Phi) is 4.93. The van der Waals surface area contributed by atoms with Gasteiger partial charge in [-0.05, 0) is 36.6 Å². The molecular weight excluding hydrogens is 378 g/mol. The van der Waals surface area contributed by atoms with Gasteiger partial charge in [-0.15, -0.1) is 0 Å². The Morgan fingerprint density at radius 1 is 1.17 bits per heavy atom. The van der Waals surface area contributed by atoms with Crippen molar-refractivity contribution < 1.29 is 9.21 Å². The van der Waals surface area contributed by atoms with Crippen molar-refractivity contribution in [3.8, 4) is 0 Å². The molecule has 0 radical (unpaired) electrons. The molecule has 1 aromatic carbocycles. The number of furan rings is 1. The van der Waals surface area contributed by atoms with Crippen molar-refractivity contribution in [2.75, 3.05) is 18.4 Å². The molecule has 4 aromatic rings. The van der Waals surface area contributed by atoms with E-state index in [1.807, 2.05) is 45.9 Å². The zero-order valence-corrected chi connectivity index (χ0v) is 16.6. The van der Waals surface area contributed by atoms with E-state index in [9.17, 15) is 4.79 Å². The van der Waals surface area contributed by atoms with E-state index >= 15 is 0 Å². The first-order chi connectivity index (χ1) is 14.8. The molecule has 0 aliphatic carbocycles. The highest BCUT2D eigenvalue weighted by atomic mass is 16.3. The molecule has 1 fully saturated rings. The summed E-state index contributed by atoms with van der Waals surface area (Å²) in [6, 6.07) is 16.0. The van der Waals surface area contributed by atoms with E-state index in [0.717, 1.165) is 43.1 Å². The van der Waals surface area contributed by atoms with E-state index in [1.165, 1.54) is 18.1 Å². The number of aromatic nitrogens is 3. The number of nitrogens with one attached hydrogen (secondary N) is 1. The highest BCUT2D eigenvalue weighted by molar-refractivity contribution is 5.93. The van der Waals surface area contributed by atoms with E-state index < -0.39 is 0 Å². The Labute approximate surface area is 174 Å². The average Bonchev–Trinajstić information content (AvgIpc) is 3.48. The lowest BCUT2D eigenvalue weighted by Crippen LogP contribution is -2.39. The van der Waals surface area contributed by atoms with E-state index in [-0.39, 0.29) is 11.8 Å². The molecule has 1 atom stereocenters. The number of benzene rings is 1. The quantitative estimate of drug-likeness (QED) is 0.548. The molecule has 3 aromatic heterocycles. The van der Waals surface area contributed by atoms with E-state index in [4.69, 9.17) is 14.5 Å². The third kappa shape index (κ3) is 3.78. The molecule has 1 amide bonds. The van der Waals surface area contributed by atoms with Gasteiger partial charge in [0.25, 0.3) is 5.91 Å². The Morgan fingerprint density at radius 2 is 2.07 bits per heavy atom. The molecule has 1 aliphatic rings. The Bertz CT molecular complexity index is 1140. The lowest BCUT2D eigenvalue weighted by molar-refractivity contribution is 0.0704. The van der Waals surface area contributed by atoms with Gasteiger partial charge in [-0.1, -0.05) is 30.3 Å². The summed E-state index contributed by atoms with van der Waals surface area (Å²) < 4.78 is 6.87. The highest BCUT2D eigenvalue weighted by Crippen LogP contribution is 2.26. The van der Waals surface area contributed by atoms with Gasteiger partial charge < -0.3 is 14.6 Å². The van der Waals surface area contributed by atoms with Crippen LogP contribution in [0.15, 0.2) is 71.7 Å². The molecule has 1 unspecified atom stereocenters. The number of pyridine rings is 1. The number of hydrogen-bond donors (Lipinski definition) is 1. The number of rotatable bonds is 5. The number of hydrogen-bond acceptors (Lipinski definition) is 5. The number of amides is 1. The number of nitrogens with zero attached hydrogens (tertiary/aromatic N) is 4. The monoisotopic (exact) mass is 401 g/mol. The van der Waals surface area contributed by atoms with Crippen molar-refractivity contribution in [1.82, 2.24) is 19.5 Å². The van der Waals surface area contributed by atoms with E-state index in [2.05, 4.69) is 17.4 Å². The van der Waals surface area contributed by atoms with E-state index in [1.54, 1.807) is 6.07 Å². The first-order valence-corrected chi connectivity index (χ1v) is 10.2. The lowest BCUT2D eigenvalue weighted by Gasteiger charge is -2.31. The summed E-state index contributed by atoms with van der Waals surface area (Å²) >= 11 is 0. The van der Waals surface area contributed by atoms with Crippen LogP contribution in [0.25, 0.3) is 5.65 Å². The molecule has 7 nitrogen and oxygen atoms in total. The summed E-state index contributed by atoms with van der Waals surface area (Å²) in [5.41, 5.74) is 3.62. The van der Waals surface area contributed by atoms with Gasteiger partial charge in [0.1, 0.15) is 6.26 Å². The molecule has 30 heavy (non-hydrogen) atoms. The summed E-state index contributed by atoms with van der Waals surface area (Å²) in [4.78, 5) is 19.2. The standard InChI is InChI=1S/C23H23N5O2/c29-23(19-10-12-30-16-19)27-11-4-7-18(14-27)22-25-21-9-8-20(15-28(21)26-22)24-13-17-5-2-1-3-6-17/h1-3,5-6,8-10,12,15-16,18,24H,4,7,11,13-14H2. The van der Waals surface area contributed by atoms with Crippen LogP contribution >= 0.6 is 0 Å². The van der Waals surface area contributed by atoms with Crippen LogP contribution in [-0.2, 0) is 6.54 Å². The SMILES string of the molecule is O=C(c1ccoc1)N1CCCC(c2nc3ccc(NCc4ccccc4)cn3n2)C1. The molecule has 0 spiro atoms. The van der Waals surface area contributed by atoms with Crippen molar-refractivity contribution in [2.45, 2.75) is 25.3 Å². The minimum Gasteiger partial charge on any atom is -0.472 e. The highest BCUT2D eigenvalue weighted by Gasteiger charge is 2.28. The fraction of sp³-hybridized carbons (Fsp3) is 0.261. The number of carbonyl (C=O) groups excluding carboxylic acids is 1. The van der Waals surface area contributed by atoms with Crippen LogP contribution in [-0.4, -0.2) is 38.5 Å².